The molecule has 0 atom stereocenters. The molecule has 20 heavy (non-hydrogen) atoms. The minimum atomic E-state index is -1.23. The Labute approximate surface area is 118 Å². The standard InChI is InChI=1S/C13H12F2N2O2S/c1-2-8-3-4-9(20-8)7-16-13-11(17(18)19)6-5-10(14)12(13)15/h3-6,16H,2,7H2,1H3. The van der Waals surface area contributed by atoms with Crippen LogP contribution in [-0.2, 0) is 13.0 Å². The number of nitro groups is 1. The van der Waals surface area contributed by atoms with Crippen molar-refractivity contribution in [2.24, 2.45) is 0 Å². The molecular weight excluding hydrogens is 286 g/mol. The number of rotatable bonds is 5. The maximum absolute atomic E-state index is 13.7. The molecule has 0 bridgehead atoms. The van der Waals surface area contributed by atoms with Crippen molar-refractivity contribution in [3.63, 3.8) is 0 Å². The zero-order chi connectivity index (χ0) is 14.7. The molecule has 0 aliphatic rings. The number of nitrogens with zero attached hydrogens (tertiary/aromatic N) is 1. The van der Waals surface area contributed by atoms with Gasteiger partial charge in [0.2, 0.25) is 0 Å². The summed E-state index contributed by atoms with van der Waals surface area (Å²) in [5, 5.41) is 13.4. The average molecular weight is 298 g/mol. The van der Waals surface area contributed by atoms with Crippen molar-refractivity contribution < 1.29 is 13.7 Å². The highest BCUT2D eigenvalue weighted by Gasteiger charge is 2.21. The summed E-state index contributed by atoms with van der Waals surface area (Å²) in [7, 11) is 0. The second-order valence-electron chi connectivity index (χ2n) is 4.09. The van der Waals surface area contributed by atoms with Crippen LogP contribution < -0.4 is 5.32 Å². The van der Waals surface area contributed by atoms with Gasteiger partial charge in [0.1, 0.15) is 0 Å². The van der Waals surface area contributed by atoms with Crippen LogP contribution in [-0.4, -0.2) is 4.92 Å². The van der Waals surface area contributed by atoms with Crippen molar-refractivity contribution in [2.75, 3.05) is 5.32 Å². The Bertz CT molecular complexity index is 643. The molecule has 0 unspecified atom stereocenters. The van der Waals surface area contributed by atoms with E-state index >= 15 is 0 Å². The molecule has 1 N–H and O–H groups in total. The topological polar surface area (TPSA) is 55.2 Å². The second kappa shape index (κ2) is 5.96. The van der Waals surface area contributed by atoms with Crippen molar-refractivity contribution in [1.82, 2.24) is 0 Å². The third-order valence-corrected chi connectivity index (χ3v) is 4.00. The van der Waals surface area contributed by atoms with Crippen LogP contribution in [0.3, 0.4) is 0 Å². The number of nitro benzene ring substituents is 1. The Hall–Kier alpha value is -2.02. The van der Waals surface area contributed by atoms with Crippen LogP contribution in [0.4, 0.5) is 20.2 Å². The minimum absolute atomic E-state index is 0.214. The van der Waals surface area contributed by atoms with Gasteiger partial charge in [-0.15, -0.1) is 11.3 Å². The van der Waals surface area contributed by atoms with Crippen molar-refractivity contribution in [3.8, 4) is 0 Å². The zero-order valence-electron chi connectivity index (χ0n) is 10.7. The maximum atomic E-state index is 13.7. The first kappa shape index (κ1) is 14.4. The van der Waals surface area contributed by atoms with E-state index in [1.807, 2.05) is 19.1 Å². The molecule has 1 aromatic carbocycles. The summed E-state index contributed by atoms with van der Waals surface area (Å²) in [5.74, 6) is -2.34. The van der Waals surface area contributed by atoms with E-state index in [9.17, 15) is 18.9 Å². The molecule has 4 nitrogen and oxygen atoms in total. The lowest BCUT2D eigenvalue weighted by molar-refractivity contribution is -0.384. The number of aryl methyl sites for hydroxylation is 1. The molecule has 1 heterocycles. The lowest BCUT2D eigenvalue weighted by Crippen LogP contribution is -2.05. The Morgan fingerprint density at radius 1 is 1.25 bits per heavy atom. The fourth-order valence-electron chi connectivity index (χ4n) is 1.74. The van der Waals surface area contributed by atoms with E-state index in [1.165, 1.54) is 11.3 Å². The molecule has 106 valence electrons. The summed E-state index contributed by atoms with van der Waals surface area (Å²) < 4.78 is 26.8. The van der Waals surface area contributed by atoms with Gasteiger partial charge in [-0.3, -0.25) is 10.1 Å². The van der Waals surface area contributed by atoms with Gasteiger partial charge in [-0.25, -0.2) is 8.78 Å². The molecule has 0 fully saturated rings. The van der Waals surface area contributed by atoms with E-state index in [-0.39, 0.29) is 6.54 Å². The lowest BCUT2D eigenvalue weighted by Gasteiger charge is -2.07. The highest BCUT2D eigenvalue weighted by atomic mass is 32.1. The largest absolute Gasteiger partial charge is 0.372 e. The van der Waals surface area contributed by atoms with Gasteiger partial charge in [0.15, 0.2) is 17.3 Å². The number of hydrogen-bond acceptors (Lipinski definition) is 4. The number of nitrogens with one attached hydrogen (secondary N) is 1. The summed E-state index contributed by atoms with van der Waals surface area (Å²) in [5.41, 5.74) is -0.891. The van der Waals surface area contributed by atoms with Gasteiger partial charge < -0.3 is 5.32 Å². The van der Waals surface area contributed by atoms with Gasteiger partial charge in [0.25, 0.3) is 5.69 Å². The summed E-state index contributed by atoms with van der Waals surface area (Å²) in [6, 6.07) is 5.50. The predicted octanol–water partition coefficient (Wildman–Crippen LogP) is 4.11. The predicted molar refractivity (Wildman–Crippen MR) is 74.0 cm³/mol. The molecule has 7 heteroatoms. The quantitative estimate of drug-likeness (QED) is 0.667. The number of thiophene rings is 1. The van der Waals surface area contributed by atoms with Crippen LogP contribution >= 0.6 is 11.3 Å². The molecule has 0 saturated heterocycles. The van der Waals surface area contributed by atoms with Gasteiger partial charge >= 0.3 is 0 Å². The molecule has 0 spiro atoms. The van der Waals surface area contributed by atoms with Crippen LogP contribution in [0, 0.1) is 21.7 Å². The van der Waals surface area contributed by atoms with E-state index in [0.717, 1.165) is 28.3 Å². The number of benzene rings is 1. The summed E-state index contributed by atoms with van der Waals surface area (Å²) in [4.78, 5) is 12.2. The highest BCUT2D eigenvalue weighted by molar-refractivity contribution is 7.12. The van der Waals surface area contributed by atoms with E-state index in [4.69, 9.17) is 0 Å². The zero-order valence-corrected chi connectivity index (χ0v) is 11.5. The van der Waals surface area contributed by atoms with Crippen LogP contribution in [0.15, 0.2) is 24.3 Å². The summed E-state index contributed by atoms with van der Waals surface area (Å²) in [6.45, 7) is 2.23. The average Bonchev–Trinajstić information content (AvgIpc) is 2.88. The normalized spacial score (nSPS) is 10.6. The SMILES string of the molecule is CCc1ccc(CNc2c([N+](=O)[O-])ccc(F)c2F)s1. The van der Waals surface area contributed by atoms with Gasteiger partial charge in [-0.1, -0.05) is 6.92 Å². The first-order valence-electron chi connectivity index (χ1n) is 5.96. The molecule has 0 radical (unpaired) electrons. The minimum Gasteiger partial charge on any atom is -0.372 e. The third-order valence-electron chi connectivity index (χ3n) is 2.77. The van der Waals surface area contributed by atoms with Gasteiger partial charge in [-0.05, 0) is 24.6 Å². The molecule has 2 rings (SSSR count). The second-order valence-corrected chi connectivity index (χ2v) is 5.34. The van der Waals surface area contributed by atoms with Crippen molar-refractivity contribution in [1.29, 1.82) is 0 Å². The van der Waals surface area contributed by atoms with E-state index < -0.39 is 27.9 Å². The summed E-state index contributed by atoms with van der Waals surface area (Å²) >= 11 is 1.53. The molecular formula is C13H12F2N2O2S. The van der Waals surface area contributed by atoms with Gasteiger partial charge in [0.05, 0.1) is 4.92 Å². The molecule has 0 aliphatic heterocycles. The van der Waals surface area contributed by atoms with Gasteiger partial charge in [0, 0.05) is 22.4 Å². The van der Waals surface area contributed by atoms with E-state index in [2.05, 4.69) is 5.32 Å². The van der Waals surface area contributed by atoms with Crippen molar-refractivity contribution >= 4 is 22.7 Å². The first-order valence-corrected chi connectivity index (χ1v) is 6.78. The van der Waals surface area contributed by atoms with Crippen molar-refractivity contribution in [3.05, 3.63) is 55.8 Å². The van der Waals surface area contributed by atoms with Crippen LogP contribution in [0.2, 0.25) is 0 Å². The Balaban J connectivity index is 2.23. The van der Waals surface area contributed by atoms with Crippen LogP contribution in [0.1, 0.15) is 16.7 Å². The molecule has 1 aromatic heterocycles. The number of halogens is 2. The van der Waals surface area contributed by atoms with E-state index in [0.29, 0.717) is 0 Å². The number of hydrogen-bond donors (Lipinski definition) is 1. The van der Waals surface area contributed by atoms with E-state index in [1.54, 1.807) is 0 Å². The third kappa shape index (κ3) is 2.93. The van der Waals surface area contributed by atoms with Crippen molar-refractivity contribution in [2.45, 2.75) is 19.9 Å². The first-order chi connectivity index (χ1) is 9.52. The number of anilines is 1. The Morgan fingerprint density at radius 3 is 2.55 bits per heavy atom. The highest BCUT2D eigenvalue weighted by Crippen LogP contribution is 2.30. The van der Waals surface area contributed by atoms with Crippen LogP contribution in [0.25, 0.3) is 0 Å². The Morgan fingerprint density at radius 2 is 1.95 bits per heavy atom. The Kier molecular flexibility index (Phi) is 4.29. The maximum Gasteiger partial charge on any atom is 0.295 e. The molecule has 0 amide bonds. The lowest BCUT2D eigenvalue weighted by atomic mass is 10.2. The van der Waals surface area contributed by atoms with Gasteiger partial charge in [-0.2, -0.15) is 0 Å². The summed E-state index contributed by atoms with van der Waals surface area (Å²) in [6.07, 6.45) is 0.888. The molecule has 0 saturated carbocycles. The fourth-order valence-corrected chi connectivity index (χ4v) is 2.64. The molecule has 0 aliphatic carbocycles. The molecule has 2 aromatic rings. The smallest absolute Gasteiger partial charge is 0.295 e. The fraction of sp³-hybridized carbons (Fsp3) is 0.231. The van der Waals surface area contributed by atoms with Crippen LogP contribution in [0.5, 0.6) is 0 Å². The monoisotopic (exact) mass is 298 g/mol.